The van der Waals surface area contributed by atoms with Crippen molar-refractivity contribution in [1.82, 2.24) is 15.5 Å². The first-order valence-electron chi connectivity index (χ1n) is 6.97. The van der Waals surface area contributed by atoms with Gasteiger partial charge in [0.2, 0.25) is 5.91 Å². The maximum atomic E-state index is 12.5. The Bertz CT molecular complexity index is 514. The summed E-state index contributed by atoms with van der Waals surface area (Å²) in [5.74, 6) is -0.218. The molecule has 0 spiro atoms. The topological polar surface area (TPSA) is 61.4 Å². The summed E-state index contributed by atoms with van der Waals surface area (Å²) < 4.78 is 0. The van der Waals surface area contributed by atoms with Crippen molar-refractivity contribution in [1.29, 1.82) is 0 Å². The number of nitrogens with zero attached hydrogens (tertiary/aromatic N) is 1. The third kappa shape index (κ3) is 3.17. The van der Waals surface area contributed by atoms with Crippen LogP contribution >= 0.6 is 0 Å². The number of fused-ring (bicyclic) bond motifs is 1. The van der Waals surface area contributed by atoms with E-state index in [1.807, 2.05) is 25.1 Å². The molecule has 5 heteroatoms. The second-order valence-electron chi connectivity index (χ2n) is 4.98. The van der Waals surface area contributed by atoms with E-state index < -0.39 is 0 Å². The molecule has 2 N–H and O–H groups in total. The van der Waals surface area contributed by atoms with Crippen molar-refractivity contribution < 1.29 is 9.59 Å². The lowest BCUT2D eigenvalue weighted by Crippen LogP contribution is -2.39. The van der Waals surface area contributed by atoms with Crippen LogP contribution in [0.25, 0.3) is 0 Å². The number of amides is 2. The minimum absolute atomic E-state index is 0.0880. The Kier molecular flexibility index (Phi) is 4.74. The molecule has 1 aromatic carbocycles. The number of rotatable bonds is 4. The van der Waals surface area contributed by atoms with Gasteiger partial charge in [-0.2, -0.15) is 0 Å². The molecule has 0 saturated heterocycles. The SMILES string of the molecule is CCNC(=O)CN(C)C(=O)c1cccc2c1CCNC2. The van der Waals surface area contributed by atoms with Crippen molar-refractivity contribution in [2.24, 2.45) is 0 Å². The Balaban J connectivity index is 2.14. The fourth-order valence-electron chi connectivity index (χ4n) is 2.48. The zero-order valence-corrected chi connectivity index (χ0v) is 12.0. The largest absolute Gasteiger partial charge is 0.355 e. The maximum absolute atomic E-state index is 12.5. The van der Waals surface area contributed by atoms with Gasteiger partial charge in [-0.1, -0.05) is 12.1 Å². The van der Waals surface area contributed by atoms with Crippen LogP contribution in [0.1, 0.15) is 28.4 Å². The van der Waals surface area contributed by atoms with Crippen molar-refractivity contribution in [3.63, 3.8) is 0 Å². The third-order valence-corrected chi connectivity index (χ3v) is 3.47. The zero-order chi connectivity index (χ0) is 14.5. The molecule has 5 nitrogen and oxygen atoms in total. The standard InChI is InChI=1S/C15H21N3O2/c1-3-17-14(19)10-18(2)15(20)13-6-4-5-11-9-16-8-7-12(11)13/h4-6,16H,3,7-10H2,1-2H3,(H,17,19). The Morgan fingerprint density at radius 2 is 2.20 bits per heavy atom. The monoisotopic (exact) mass is 275 g/mol. The molecule has 0 unspecified atom stereocenters. The molecule has 1 aromatic rings. The molecule has 0 aliphatic carbocycles. The van der Waals surface area contributed by atoms with Crippen LogP contribution in [0, 0.1) is 0 Å². The van der Waals surface area contributed by atoms with E-state index in [-0.39, 0.29) is 18.4 Å². The van der Waals surface area contributed by atoms with E-state index in [2.05, 4.69) is 10.6 Å². The van der Waals surface area contributed by atoms with Crippen molar-refractivity contribution in [2.75, 3.05) is 26.7 Å². The molecule has 2 rings (SSSR count). The van der Waals surface area contributed by atoms with E-state index in [4.69, 9.17) is 0 Å². The van der Waals surface area contributed by atoms with Gasteiger partial charge in [-0.25, -0.2) is 0 Å². The van der Waals surface area contributed by atoms with Gasteiger partial charge >= 0.3 is 0 Å². The van der Waals surface area contributed by atoms with Crippen molar-refractivity contribution >= 4 is 11.8 Å². The molecular formula is C15H21N3O2. The fourth-order valence-corrected chi connectivity index (χ4v) is 2.48. The quantitative estimate of drug-likeness (QED) is 0.843. The summed E-state index contributed by atoms with van der Waals surface area (Å²) in [7, 11) is 1.66. The number of hydrogen-bond acceptors (Lipinski definition) is 3. The fraction of sp³-hybridized carbons (Fsp3) is 0.467. The lowest BCUT2D eigenvalue weighted by molar-refractivity contribution is -0.121. The van der Waals surface area contributed by atoms with Crippen LogP contribution in [0.4, 0.5) is 0 Å². The number of carbonyl (C=O) groups excluding carboxylic acids is 2. The Labute approximate surface area is 119 Å². The van der Waals surface area contributed by atoms with Gasteiger partial charge in [-0.3, -0.25) is 9.59 Å². The van der Waals surface area contributed by atoms with E-state index in [9.17, 15) is 9.59 Å². The van der Waals surface area contributed by atoms with Gasteiger partial charge in [0.1, 0.15) is 0 Å². The van der Waals surface area contributed by atoms with Crippen molar-refractivity contribution in [2.45, 2.75) is 19.9 Å². The molecule has 0 saturated carbocycles. The average Bonchev–Trinajstić information content (AvgIpc) is 2.46. The van der Waals surface area contributed by atoms with Gasteiger partial charge in [0.25, 0.3) is 5.91 Å². The highest BCUT2D eigenvalue weighted by Crippen LogP contribution is 2.19. The van der Waals surface area contributed by atoms with Gasteiger partial charge in [-0.15, -0.1) is 0 Å². The van der Waals surface area contributed by atoms with Crippen LogP contribution < -0.4 is 10.6 Å². The summed E-state index contributed by atoms with van der Waals surface area (Å²) in [5, 5.41) is 6.00. The molecule has 0 atom stereocenters. The highest BCUT2D eigenvalue weighted by atomic mass is 16.2. The van der Waals surface area contributed by atoms with Crippen LogP contribution in [0.15, 0.2) is 18.2 Å². The van der Waals surface area contributed by atoms with Gasteiger partial charge in [-0.05, 0) is 37.1 Å². The summed E-state index contributed by atoms with van der Waals surface area (Å²) in [6.45, 7) is 4.22. The maximum Gasteiger partial charge on any atom is 0.254 e. The normalized spacial score (nSPS) is 13.5. The lowest BCUT2D eigenvalue weighted by atomic mass is 9.95. The molecule has 20 heavy (non-hydrogen) atoms. The molecule has 0 aromatic heterocycles. The summed E-state index contributed by atoms with van der Waals surface area (Å²) >= 11 is 0. The number of nitrogens with one attached hydrogen (secondary N) is 2. The Hall–Kier alpha value is -1.88. The van der Waals surface area contributed by atoms with E-state index in [0.29, 0.717) is 6.54 Å². The lowest BCUT2D eigenvalue weighted by Gasteiger charge is -2.23. The van der Waals surface area contributed by atoms with Gasteiger partial charge in [0.05, 0.1) is 6.54 Å². The van der Waals surface area contributed by atoms with E-state index in [1.165, 1.54) is 10.5 Å². The van der Waals surface area contributed by atoms with Crippen LogP contribution in [-0.4, -0.2) is 43.4 Å². The molecule has 1 aliphatic heterocycles. The summed E-state index contributed by atoms with van der Waals surface area (Å²) in [6, 6.07) is 5.79. The first kappa shape index (κ1) is 14.5. The molecule has 1 heterocycles. The smallest absolute Gasteiger partial charge is 0.254 e. The number of carbonyl (C=O) groups is 2. The first-order valence-corrected chi connectivity index (χ1v) is 6.97. The van der Waals surface area contributed by atoms with Crippen LogP contribution in [-0.2, 0) is 17.8 Å². The molecule has 0 radical (unpaired) electrons. The Morgan fingerprint density at radius 3 is 2.95 bits per heavy atom. The second kappa shape index (κ2) is 6.52. The molecule has 108 valence electrons. The molecule has 0 bridgehead atoms. The number of hydrogen-bond donors (Lipinski definition) is 2. The predicted octanol–water partition coefficient (Wildman–Crippen LogP) is 0.540. The van der Waals surface area contributed by atoms with Gasteiger partial charge in [0, 0.05) is 25.7 Å². The third-order valence-electron chi connectivity index (χ3n) is 3.47. The Morgan fingerprint density at radius 1 is 1.40 bits per heavy atom. The van der Waals surface area contributed by atoms with Crippen LogP contribution in [0.2, 0.25) is 0 Å². The summed E-state index contributed by atoms with van der Waals surface area (Å²) in [4.78, 5) is 25.5. The minimum Gasteiger partial charge on any atom is -0.355 e. The highest BCUT2D eigenvalue weighted by molar-refractivity contribution is 5.98. The minimum atomic E-state index is -0.130. The molecule has 0 fully saturated rings. The first-order chi connectivity index (χ1) is 9.63. The van der Waals surface area contributed by atoms with Gasteiger partial charge < -0.3 is 15.5 Å². The summed E-state index contributed by atoms with van der Waals surface area (Å²) in [5.41, 5.74) is 3.00. The second-order valence-corrected chi connectivity index (χ2v) is 4.98. The number of benzene rings is 1. The van der Waals surface area contributed by atoms with E-state index >= 15 is 0 Å². The van der Waals surface area contributed by atoms with Crippen molar-refractivity contribution in [3.8, 4) is 0 Å². The van der Waals surface area contributed by atoms with Crippen LogP contribution in [0.3, 0.4) is 0 Å². The van der Waals surface area contributed by atoms with Crippen molar-refractivity contribution in [3.05, 3.63) is 34.9 Å². The average molecular weight is 275 g/mol. The summed E-state index contributed by atoms with van der Waals surface area (Å²) in [6.07, 6.45) is 0.853. The molecule has 2 amide bonds. The molecular weight excluding hydrogens is 254 g/mol. The predicted molar refractivity (Wildman–Crippen MR) is 77.5 cm³/mol. The zero-order valence-electron chi connectivity index (χ0n) is 12.0. The van der Waals surface area contributed by atoms with Crippen LogP contribution in [0.5, 0.6) is 0 Å². The van der Waals surface area contributed by atoms with E-state index in [1.54, 1.807) is 7.05 Å². The van der Waals surface area contributed by atoms with E-state index in [0.717, 1.165) is 30.6 Å². The highest BCUT2D eigenvalue weighted by Gasteiger charge is 2.20. The number of likely N-dealkylation sites (N-methyl/N-ethyl adjacent to an activating group) is 2. The molecule has 1 aliphatic rings. The van der Waals surface area contributed by atoms with Gasteiger partial charge in [0.15, 0.2) is 0 Å².